The van der Waals surface area contributed by atoms with E-state index in [1.54, 1.807) is 25.1 Å². The standard InChI is InChI=1S/C16H16O3/c1-11-6-8-13(9-7-11)10-19-15-5-3-4-14(12(15)2)16(17)18/h3-9H,10H2,1-2H3,(H,17,18). The fourth-order valence-electron chi connectivity index (χ4n) is 1.85. The van der Waals surface area contributed by atoms with Crippen LogP contribution in [0.5, 0.6) is 5.75 Å². The number of hydrogen-bond donors (Lipinski definition) is 1. The summed E-state index contributed by atoms with van der Waals surface area (Å²) in [4.78, 5) is 11.0. The topological polar surface area (TPSA) is 46.5 Å². The summed E-state index contributed by atoms with van der Waals surface area (Å²) in [7, 11) is 0. The zero-order valence-corrected chi connectivity index (χ0v) is 11.0. The SMILES string of the molecule is Cc1ccc(COc2cccc(C(=O)O)c2C)cc1. The number of benzene rings is 2. The van der Waals surface area contributed by atoms with Crippen molar-refractivity contribution in [2.45, 2.75) is 20.5 Å². The molecule has 1 N–H and O–H groups in total. The zero-order valence-electron chi connectivity index (χ0n) is 11.0. The van der Waals surface area contributed by atoms with E-state index in [-0.39, 0.29) is 5.56 Å². The van der Waals surface area contributed by atoms with Crippen LogP contribution in [0.4, 0.5) is 0 Å². The maximum atomic E-state index is 11.0. The Labute approximate surface area is 112 Å². The third-order valence-electron chi connectivity index (χ3n) is 3.03. The number of aromatic carboxylic acids is 1. The van der Waals surface area contributed by atoms with Crippen LogP contribution in [0.1, 0.15) is 27.0 Å². The highest BCUT2D eigenvalue weighted by Crippen LogP contribution is 2.22. The number of hydrogen-bond acceptors (Lipinski definition) is 2. The second-order valence-corrected chi connectivity index (χ2v) is 4.51. The van der Waals surface area contributed by atoms with Gasteiger partial charge in [0, 0.05) is 5.56 Å². The first kappa shape index (κ1) is 13.1. The van der Waals surface area contributed by atoms with E-state index in [0.717, 1.165) is 5.56 Å². The van der Waals surface area contributed by atoms with Crippen LogP contribution < -0.4 is 4.74 Å². The van der Waals surface area contributed by atoms with Gasteiger partial charge in [-0.15, -0.1) is 0 Å². The maximum Gasteiger partial charge on any atom is 0.336 e. The fourth-order valence-corrected chi connectivity index (χ4v) is 1.85. The van der Waals surface area contributed by atoms with Crippen LogP contribution in [0.25, 0.3) is 0 Å². The fraction of sp³-hybridized carbons (Fsp3) is 0.188. The molecule has 0 aliphatic heterocycles. The number of carbonyl (C=O) groups is 1. The molecule has 2 rings (SSSR count). The lowest BCUT2D eigenvalue weighted by atomic mass is 10.1. The zero-order chi connectivity index (χ0) is 13.8. The summed E-state index contributed by atoms with van der Waals surface area (Å²) in [6.45, 7) is 4.23. The molecule has 0 aliphatic rings. The minimum Gasteiger partial charge on any atom is -0.489 e. The van der Waals surface area contributed by atoms with Gasteiger partial charge in [0.2, 0.25) is 0 Å². The summed E-state index contributed by atoms with van der Waals surface area (Å²) in [5.74, 6) is -0.321. The van der Waals surface area contributed by atoms with Crippen LogP contribution in [0.2, 0.25) is 0 Å². The Bertz CT molecular complexity index is 585. The third kappa shape index (κ3) is 3.13. The summed E-state index contributed by atoms with van der Waals surface area (Å²) < 4.78 is 5.69. The molecule has 3 heteroatoms. The molecular weight excluding hydrogens is 240 g/mol. The Kier molecular flexibility index (Phi) is 3.85. The van der Waals surface area contributed by atoms with Gasteiger partial charge < -0.3 is 9.84 Å². The van der Waals surface area contributed by atoms with Crippen LogP contribution in [-0.4, -0.2) is 11.1 Å². The average Bonchev–Trinajstić information content (AvgIpc) is 2.39. The van der Waals surface area contributed by atoms with Crippen LogP contribution in [0.15, 0.2) is 42.5 Å². The number of aryl methyl sites for hydroxylation is 1. The smallest absolute Gasteiger partial charge is 0.336 e. The van der Waals surface area contributed by atoms with E-state index in [1.807, 2.05) is 31.2 Å². The lowest BCUT2D eigenvalue weighted by Crippen LogP contribution is -2.03. The molecule has 0 radical (unpaired) electrons. The summed E-state index contributed by atoms with van der Waals surface area (Å²) in [6, 6.07) is 13.1. The predicted molar refractivity (Wildman–Crippen MR) is 73.6 cm³/mol. The highest BCUT2D eigenvalue weighted by atomic mass is 16.5. The van der Waals surface area contributed by atoms with Crippen molar-refractivity contribution in [3.8, 4) is 5.75 Å². The Morgan fingerprint density at radius 2 is 1.79 bits per heavy atom. The third-order valence-corrected chi connectivity index (χ3v) is 3.03. The van der Waals surface area contributed by atoms with E-state index >= 15 is 0 Å². The van der Waals surface area contributed by atoms with Gasteiger partial charge in [0.25, 0.3) is 0 Å². The van der Waals surface area contributed by atoms with E-state index in [1.165, 1.54) is 5.56 Å². The highest BCUT2D eigenvalue weighted by Gasteiger charge is 2.10. The predicted octanol–water partition coefficient (Wildman–Crippen LogP) is 3.58. The van der Waals surface area contributed by atoms with Gasteiger partial charge in [0.15, 0.2) is 0 Å². The molecule has 3 nitrogen and oxygen atoms in total. The molecule has 0 fully saturated rings. The Morgan fingerprint density at radius 1 is 1.11 bits per heavy atom. The van der Waals surface area contributed by atoms with Gasteiger partial charge in [-0.2, -0.15) is 0 Å². The number of ether oxygens (including phenoxy) is 1. The van der Waals surface area contributed by atoms with Gasteiger partial charge in [-0.3, -0.25) is 0 Å². The van der Waals surface area contributed by atoms with Crippen molar-refractivity contribution in [1.82, 2.24) is 0 Å². The normalized spacial score (nSPS) is 10.2. The van der Waals surface area contributed by atoms with Gasteiger partial charge in [-0.1, -0.05) is 35.9 Å². The van der Waals surface area contributed by atoms with Gasteiger partial charge >= 0.3 is 5.97 Å². The Hall–Kier alpha value is -2.29. The first-order chi connectivity index (χ1) is 9.08. The summed E-state index contributed by atoms with van der Waals surface area (Å²) in [5, 5.41) is 9.05. The number of rotatable bonds is 4. The summed E-state index contributed by atoms with van der Waals surface area (Å²) >= 11 is 0. The molecule has 0 unspecified atom stereocenters. The largest absolute Gasteiger partial charge is 0.489 e. The minimum atomic E-state index is -0.932. The van der Waals surface area contributed by atoms with Crippen LogP contribution in [0, 0.1) is 13.8 Å². The van der Waals surface area contributed by atoms with Crippen LogP contribution >= 0.6 is 0 Å². The molecule has 0 spiro atoms. The van der Waals surface area contributed by atoms with Crippen molar-refractivity contribution in [1.29, 1.82) is 0 Å². The molecule has 0 bridgehead atoms. The minimum absolute atomic E-state index is 0.279. The highest BCUT2D eigenvalue weighted by molar-refractivity contribution is 5.90. The molecular formula is C16H16O3. The van der Waals surface area contributed by atoms with Crippen molar-refractivity contribution < 1.29 is 14.6 Å². The molecule has 19 heavy (non-hydrogen) atoms. The van der Waals surface area contributed by atoms with Crippen molar-refractivity contribution in [3.63, 3.8) is 0 Å². The van der Waals surface area contributed by atoms with Crippen LogP contribution in [-0.2, 0) is 6.61 Å². The lowest BCUT2D eigenvalue weighted by Gasteiger charge is -2.11. The molecule has 2 aromatic rings. The monoisotopic (exact) mass is 256 g/mol. The molecule has 0 aliphatic carbocycles. The van der Waals surface area contributed by atoms with Gasteiger partial charge in [0.1, 0.15) is 12.4 Å². The van der Waals surface area contributed by atoms with E-state index in [9.17, 15) is 4.79 Å². The van der Waals surface area contributed by atoms with Gasteiger partial charge in [-0.05, 0) is 31.5 Å². The molecule has 0 saturated carbocycles. The molecule has 0 atom stereocenters. The molecule has 0 amide bonds. The van der Waals surface area contributed by atoms with Crippen LogP contribution in [0.3, 0.4) is 0 Å². The molecule has 0 aromatic heterocycles. The quantitative estimate of drug-likeness (QED) is 0.909. The second-order valence-electron chi connectivity index (χ2n) is 4.51. The maximum absolute atomic E-state index is 11.0. The first-order valence-corrected chi connectivity index (χ1v) is 6.09. The Morgan fingerprint density at radius 3 is 2.42 bits per heavy atom. The van der Waals surface area contributed by atoms with Gasteiger partial charge in [0.05, 0.1) is 5.56 Å². The van der Waals surface area contributed by atoms with Crippen molar-refractivity contribution in [3.05, 3.63) is 64.7 Å². The van der Waals surface area contributed by atoms with E-state index in [4.69, 9.17) is 9.84 Å². The molecule has 0 heterocycles. The molecule has 2 aromatic carbocycles. The average molecular weight is 256 g/mol. The summed E-state index contributed by atoms with van der Waals surface area (Å²) in [6.07, 6.45) is 0. The Balaban J connectivity index is 2.13. The summed E-state index contributed by atoms with van der Waals surface area (Å²) in [5.41, 5.74) is 3.20. The molecule has 98 valence electrons. The van der Waals surface area contributed by atoms with Crippen molar-refractivity contribution in [2.75, 3.05) is 0 Å². The number of carboxylic acids is 1. The first-order valence-electron chi connectivity index (χ1n) is 6.09. The van der Waals surface area contributed by atoms with Crippen molar-refractivity contribution >= 4 is 5.97 Å². The number of carboxylic acid groups (broad SMARTS) is 1. The lowest BCUT2D eigenvalue weighted by molar-refractivity contribution is 0.0695. The van der Waals surface area contributed by atoms with E-state index < -0.39 is 5.97 Å². The second kappa shape index (κ2) is 5.57. The van der Waals surface area contributed by atoms with E-state index in [2.05, 4.69) is 0 Å². The van der Waals surface area contributed by atoms with Gasteiger partial charge in [-0.25, -0.2) is 4.79 Å². The molecule has 0 saturated heterocycles. The van der Waals surface area contributed by atoms with E-state index in [0.29, 0.717) is 17.9 Å². The van der Waals surface area contributed by atoms with Crippen molar-refractivity contribution in [2.24, 2.45) is 0 Å².